The fourth-order valence-corrected chi connectivity index (χ4v) is 3.53. The molecular formula is C19H32N2O2. The summed E-state index contributed by atoms with van der Waals surface area (Å²) >= 11 is 0. The average molecular weight is 320 g/mol. The van der Waals surface area contributed by atoms with Crippen LogP contribution >= 0.6 is 0 Å². The molecule has 23 heavy (non-hydrogen) atoms. The van der Waals surface area contributed by atoms with E-state index in [0.29, 0.717) is 12.0 Å². The summed E-state index contributed by atoms with van der Waals surface area (Å²) in [5.74, 6) is 1.63. The number of piperazine rings is 1. The van der Waals surface area contributed by atoms with E-state index in [1.165, 1.54) is 11.1 Å². The van der Waals surface area contributed by atoms with Crippen LogP contribution in [0.2, 0.25) is 0 Å². The Morgan fingerprint density at radius 2 is 2.09 bits per heavy atom. The van der Waals surface area contributed by atoms with Crippen LogP contribution in [0.5, 0.6) is 5.75 Å². The molecule has 0 amide bonds. The largest absolute Gasteiger partial charge is 0.496 e. The zero-order chi connectivity index (χ0) is 16.8. The van der Waals surface area contributed by atoms with Gasteiger partial charge in [-0.1, -0.05) is 26.0 Å². The fraction of sp³-hybridized carbons (Fsp3) is 0.684. The third-order valence-electron chi connectivity index (χ3n) is 4.62. The summed E-state index contributed by atoms with van der Waals surface area (Å²) in [5.41, 5.74) is 2.53. The topological polar surface area (TPSA) is 35.9 Å². The molecule has 130 valence electrons. The summed E-state index contributed by atoms with van der Waals surface area (Å²) in [6.07, 6.45) is 0.866. The van der Waals surface area contributed by atoms with E-state index in [0.717, 1.165) is 44.9 Å². The minimum Gasteiger partial charge on any atom is -0.496 e. The Balaban J connectivity index is 1.97. The predicted molar refractivity (Wildman–Crippen MR) is 94.9 cm³/mol. The van der Waals surface area contributed by atoms with Crippen molar-refractivity contribution in [2.45, 2.75) is 39.8 Å². The van der Waals surface area contributed by atoms with Crippen LogP contribution in [-0.4, -0.2) is 60.8 Å². The number of aryl methyl sites for hydroxylation is 1. The Hall–Kier alpha value is -1.10. The SMILES string of the molecule is COc1ccc(CN2CCN(CC(C)C)[C@@H](CCO)C2)cc1C. The summed E-state index contributed by atoms with van der Waals surface area (Å²) in [6.45, 7) is 12.2. The van der Waals surface area contributed by atoms with Gasteiger partial charge < -0.3 is 9.84 Å². The van der Waals surface area contributed by atoms with E-state index in [2.05, 4.69) is 48.8 Å². The number of hydrogen-bond acceptors (Lipinski definition) is 4. The Morgan fingerprint density at radius 1 is 1.30 bits per heavy atom. The minimum absolute atomic E-state index is 0.273. The molecule has 0 spiro atoms. The molecule has 1 aliphatic rings. The maximum atomic E-state index is 9.38. The van der Waals surface area contributed by atoms with Crippen LogP contribution in [0.15, 0.2) is 18.2 Å². The number of hydrogen-bond donors (Lipinski definition) is 1. The van der Waals surface area contributed by atoms with Crippen molar-refractivity contribution in [3.05, 3.63) is 29.3 Å². The molecule has 0 saturated carbocycles. The van der Waals surface area contributed by atoms with Gasteiger partial charge >= 0.3 is 0 Å². The van der Waals surface area contributed by atoms with Crippen molar-refractivity contribution in [2.75, 3.05) is 39.9 Å². The van der Waals surface area contributed by atoms with Crippen LogP contribution in [0, 0.1) is 12.8 Å². The molecule has 1 atom stereocenters. The number of ether oxygens (including phenoxy) is 1. The van der Waals surface area contributed by atoms with Crippen LogP contribution in [0.4, 0.5) is 0 Å². The van der Waals surface area contributed by atoms with Gasteiger partial charge in [0.25, 0.3) is 0 Å². The number of nitrogens with zero attached hydrogens (tertiary/aromatic N) is 2. The Morgan fingerprint density at radius 3 is 2.70 bits per heavy atom. The molecular weight excluding hydrogens is 288 g/mol. The van der Waals surface area contributed by atoms with E-state index < -0.39 is 0 Å². The van der Waals surface area contributed by atoms with Gasteiger partial charge in [-0.2, -0.15) is 0 Å². The summed E-state index contributed by atoms with van der Waals surface area (Å²) in [7, 11) is 1.72. The molecule has 1 aromatic carbocycles. The highest BCUT2D eigenvalue weighted by Gasteiger charge is 2.26. The average Bonchev–Trinajstić information content (AvgIpc) is 2.50. The van der Waals surface area contributed by atoms with Crippen molar-refractivity contribution in [3.8, 4) is 5.75 Å². The molecule has 1 N–H and O–H groups in total. The highest BCUT2D eigenvalue weighted by Crippen LogP contribution is 2.21. The van der Waals surface area contributed by atoms with Crippen molar-refractivity contribution < 1.29 is 9.84 Å². The summed E-state index contributed by atoms with van der Waals surface area (Å²) < 4.78 is 5.34. The molecule has 0 radical (unpaired) electrons. The number of aliphatic hydroxyl groups excluding tert-OH is 1. The van der Waals surface area contributed by atoms with Crippen molar-refractivity contribution in [3.63, 3.8) is 0 Å². The molecule has 0 bridgehead atoms. The molecule has 1 saturated heterocycles. The second kappa shape index (κ2) is 8.67. The molecule has 0 aliphatic carbocycles. The fourth-order valence-electron chi connectivity index (χ4n) is 3.53. The lowest BCUT2D eigenvalue weighted by atomic mass is 10.0. The standard InChI is InChI=1S/C19H32N2O2/c1-15(2)12-21-9-8-20(14-18(21)7-10-22)13-17-5-6-19(23-4)16(3)11-17/h5-6,11,15,18,22H,7-10,12-14H2,1-4H3/t18-/m0/s1. The van der Waals surface area contributed by atoms with Gasteiger partial charge in [-0.3, -0.25) is 9.80 Å². The summed E-state index contributed by atoms with van der Waals surface area (Å²) in [5, 5.41) is 9.38. The first-order chi connectivity index (χ1) is 11.0. The molecule has 4 nitrogen and oxygen atoms in total. The van der Waals surface area contributed by atoms with Crippen molar-refractivity contribution in [1.82, 2.24) is 9.80 Å². The molecule has 1 aliphatic heterocycles. The van der Waals surface area contributed by atoms with Gasteiger partial charge in [0, 0.05) is 45.4 Å². The predicted octanol–water partition coefficient (Wildman–Crippen LogP) is 2.53. The van der Waals surface area contributed by atoms with E-state index >= 15 is 0 Å². The molecule has 1 heterocycles. The number of benzene rings is 1. The van der Waals surface area contributed by atoms with Crippen LogP contribution in [0.25, 0.3) is 0 Å². The third kappa shape index (κ3) is 5.20. The Kier molecular flexibility index (Phi) is 6.88. The maximum Gasteiger partial charge on any atom is 0.121 e. The van der Waals surface area contributed by atoms with Crippen molar-refractivity contribution in [2.24, 2.45) is 5.92 Å². The van der Waals surface area contributed by atoms with Gasteiger partial charge in [0.1, 0.15) is 5.75 Å². The second-order valence-corrected chi connectivity index (χ2v) is 7.09. The summed E-state index contributed by atoms with van der Waals surface area (Å²) in [4.78, 5) is 5.06. The van der Waals surface area contributed by atoms with Crippen LogP contribution < -0.4 is 4.74 Å². The van der Waals surface area contributed by atoms with E-state index in [9.17, 15) is 5.11 Å². The maximum absolute atomic E-state index is 9.38. The van der Waals surface area contributed by atoms with E-state index in [1.54, 1.807) is 7.11 Å². The Bertz CT molecular complexity index is 490. The minimum atomic E-state index is 0.273. The first kappa shape index (κ1) is 18.2. The lowest BCUT2D eigenvalue weighted by molar-refractivity contribution is 0.0477. The second-order valence-electron chi connectivity index (χ2n) is 7.09. The Labute approximate surface area is 141 Å². The smallest absolute Gasteiger partial charge is 0.121 e. The van der Waals surface area contributed by atoms with Crippen molar-refractivity contribution >= 4 is 0 Å². The number of rotatable bonds is 7. The number of methoxy groups -OCH3 is 1. The summed E-state index contributed by atoms with van der Waals surface area (Å²) in [6, 6.07) is 6.91. The van der Waals surface area contributed by atoms with Gasteiger partial charge in [0.15, 0.2) is 0 Å². The first-order valence-electron chi connectivity index (χ1n) is 8.74. The molecule has 2 rings (SSSR count). The molecule has 0 unspecified atom stereocenters. The normalized spacial score (nSPS) is 20.2. The van der Waals surface area contributed by atoms with E-state index in [1.807, 2.05) is 0 Å². The first-order valence-corrected chi connectivity index (χ1v) is 8.74. The molecule has 0 aromatic heterocycles. The van der Waals surface area contributed by atoms with E-state index in [-0.39, 0.29) is 6.61 Å². The lowest BCUT2D eigenvalue weighted by Gasteiger charge is -2.42. The van der Waals surface area contributed by atoms with Crippen LogP contribution in [-0.2, 0) is 6.54 Å². The van der Waals surface area contributed by atoms with Gasteiger partial charge in [0.2, 0.25) is 0 Å². The van der Waals surface area contributed by atoms with Crippen LogP contribution in [0.3, 0.4) is 0 Å². The number of aliphatic hydroxyl groups is 1. The monoisotopic (exact) mass is 320 g/mol. The zero-order valence-corrected chi connectivity index (χ0v) is 15.1. The molecule has 1 aromatic rings. The zero-order valence-electron chi connectivity index (χ0n) is 15.1. The lowest BCUT2D eigenvalue weighted by Crippen LogP contribution is -2.53. The van der Waals surface area contributed by atoms with Crippen molar-refractivity contribution in [1.29, 1.82) is 0 Å². The highest BCUT2D eigenvalue weighted by atomic mass is 16.5. The van der Waals surface area contributed by atoms with E-state index in [4.69, 9.17) is 4.74 Å². The quantitative estimate of drug-likeness (QED) is 0.837. The highest BCUT2D eigenvalue weighted by molar-refractivity contribution is 5.36. The van der Waals surface area contributed by atoms with Crippen LogP contribution in [0.1, 0.15) is 31.4 Å². The molecule has 1 fully saturated rings. The van der Waals surface area contributed by atoms with Gasteiger partial charge in [-0.05, 0) is 36.5 Å². The van der Waals surface area contributed by atoms with Gasteiger partial charge in [0.05, 0.1) is 7.11 Å². The third-order valence-corrected chi connectivity index (χ3v) is 4.62. The van der Waals surface area contributed by atoms with Gasteiger partial charge in [-0.25, -0.2) is 0 Å². The molecule has 4 heteroatoms. The van der Waals surface area contributed by atoms with Gasteiger partial charge in [-0.15, -0.1) is 0 Å².